The molecule has 0 aliphatic carbocycles. The third-order valence-electron chi connectivity index (χ3n) is 2.61. The molecule has 0 amide bonds. The van der Waals surface area contributed by atoms with Crippen LogP contribution < -0.4 is 0 Å². The minimum absolute atomic E-state index is 0.361. The van der Waals surface area contributed by atoms with E-state index in [2.05, 4.69) is 4.98 Å². The van der Waals surface area contributed by atoms with Crippen molar-refractivity contribution in [3.8, 4) is 0 Å². The molecule has 0 radical (unpaired) electrons. The van der Waals surface area contributed by atoms with E-state index < -0.39 is 5.60 Å². The molecule has 0 bridgehead atoms. The molecule has 0 unspecified atom stereocenters. The van der Waals surface area contributed by atoms with E-state index >= 15 is 0 Å². The molecule has 0 aliphatic heterocycles. The van der Waals surface area contributed by atoms with E-state index in [9.17, 15) is 4.79 Å². The van der Waals surface area contributed by atoms with E-state index in [0.29, 0.717) is 0 Å². The molecule has 4 nitrogen and oxygen atoms in total. The van der Waals surface area contributed by atoms with Crippen LogP contribution in [0.15, 0.2) is 24.5 Å². The van der Waals surface area contributed by atoms with Crippen LogP contribution in [-0.2, 0) is 11.2 Å². The van der Waals surface area contributed by atoms with Crippen molar-refractivity contribution in [2.24, 2.45) is 0 Å². The zero-order valence-electron chi connectivity index (χ0n) is 11.2. The first-order valence-corrected chi connectivity index (χ1v) is 6.10. The summed E-state index contributed by atoms with van der Waals surface area (Å²) in [5.74, 6) is 0. The third kappa shape index (κ3) is 2.37. The zero-order chi connectivity index (χ0) is 13.3. The van der Waals surface area contributed by atoms with Crippen LogP contribution in [0.5, 0.6) is 0 Å². The van der Waals surface area contributed by atoms with Crippen LogP contribution >= 0.6 is 0 Å². The number of aryl methyl sites for hydroxylation is 1. The summed E-state index contributed by atoms with van der Waals surface area (Å²) in [7, 11) is 0. The van der Waals surface area contributed by atoms with Gasteiger partial charge < -0.3 is 4.74 Å². The number of fused-ring (bicyclic) bond motifs is 1. The Bertz CT molecular complexity index is 579. The van der Waals surface area contributed by atoms with Gasteiger partial charge in [-0.15, -0.1) is 0 Å². The van der Waals surface area contributed by atoms with Crippen molar-refractivity contribution in [2.45, 2.75) is 39.7 Å². The van der Waals surface area contributed by atoms with Crippen molar-refractivity contribution in [2.75, 3.05) is 0 Å². The molecule has 0 aliphatic rings. The molecule has 0 aromatic carbocycles. The Balaban J connectivity index is 2.48. The predicted molar refractivity (Wildman–Crippen MR) is 70.7 cm³/mol. The molecule has 0 saturated heterocycles. The fourth-order valence-electron chi connectivity index (χ4n) is 1.85. The summed E-state index contributed by atoms with van der Waals surface area (Å²) >= 11 is 0. The summed E-state index contributed by atoms with van der Waals surface area (Å²) in [5.41, 5.74) is 2.22. The van der Waals surface area contributed by atoms with Gasteiger partial charge in [-0.25, -0.2) is 4.79 Å². The molecule has 2 rings (SSSR count). The number of hydrogen-bond donors (Lipinski definition) is 0. The minimum Gasteiger partial charge on any atom is -0.443 e. The number of ether oxygens (including phenoxy) is 1. The number of rotatable bonds is 1. The van der Waals surface area contributed by atoms with Crippen LogP contribution in [0.3, 0.4) is 0 Å². The fraction of sp³-hybridized carbons (Fsp3) is 0.429. The SMILES string of the molecule is CCc1cn(C(=O)OC(C)(C)C)c2cccnc12. The van der Waals surface area contributed by atoms with Crippen LogP contribution in [0.1, 0.15) is 33.3 Å². The lowest BCUT2D eigenvalue weighted by Crippen LogP contribution is -2.26. The largest absolute Gasteiger partial charge is 0.443 e. The Hall–Kier alpha value is -1.84. The number of pyridine rings is 1. The molecule has 0 saturated carbocycles. The second-order valence-electron chi connectivity index (χ2n) is 5.23. The predicted octanol–water partition coefficient (Wildman–Crippen LogP) is 3.38. The molecule has 96 valence electrons. The highest BCUT2D eigenvalue weighted by Gasteiger charge is 2.20. The van der Waals surface area contributed by atoms with E-state index in [-0.39, 0.29) is 6.09 Å². The maximum Gasteiger partial charge on any atom is 0.419 e. The fourth-order valence-corrected chi connectivity index (χ4v) is 1.85. The number of carbonyl (C=O) groups is 1. The number of hydrogen-bond acceptors (Lipinski definition) is 3. The van der Waals surface area contributed by atoms with Crippen LogP contribution in [0.4, 0.5) is 4.79 Å². The average molecular weight is 246 g/mol. The van der Waals surface area contributed by atoms with Gasteiger partial charge in [-0.2, -0.15) is 0 Å². The Morgan fingerprint density at radius 3 is 2.78 bits per heavy atom. The normalized spacial score (nSPS) is 11.8. The summed E-state index contributed by atoms with van der Waals surface area (Å²) < 4.78 is 6.92. The van der Waals surface area contributed by atoms with E-state index in [1.165, 1.54) is 4.57 Å². The minimum atomic E-state index is -0.498. The Morgan fingerprint density at radius 2 is 2.17 bits per heavy atom. The van der Waals surface area contributed by atoms with Crippen molar-refractivity contribution in [3.05, 3.63) is 30.1 Å². The van der Waals surface area contributed by atoms with E-state index in [1.807, 2.05) is 46.0 Å². The standard InChI is InChI=1S/C14H18N2O2/c1-5-10-9-16(13(17)18-14(2,3)4)11-7-6-8-15-12(10)11/h6-9H,5H2,1-4H3. The van der Waals surface area contributed by atoms with Crippen LogP contribution in [0.2, 0.25) is 0 Å². The van der Waals surface area contributed by atoms with Crippen molar-refractivity contribution in [3.63, 3.8) is 0 Å². The summed E-state index contributed by atoms with van der Waals surface area (Å²) in [6.07, 6.45) is 4.02. The highest BCUT2D eigenvalue weighted by molar-refractivity contribution is 5.89. The van der Waals surface area contributed by atoms with Crippen molar-refractivity contribution in [1.29, 1.82) is 0 Å². The first kappa shape index (κ1) is 12.6. The second-order valence-corrected chi connectivity index (χ2v) is 5.23. The van der Waals surface area contributed by atoms with Gasteiger partial charge in [0.1, 0.15) is 5.60 Å². The first-order chi connectivity index (χ1) is 8.42. The highest BCUT2D eigenvalue weighted by atomic mass is 16.6. The van der Waals surface area contributed by atoms with Crippen LogP contribution in [0.25, 0.3) is 11.0 Å². The highest BCUT2D eigenvalue weighted by Crippen LogP contribution is 2.21. The Kier molecular flexibility index (Phi) is 3.11. The van der Waals surface area contributed by atoms with Gasteiger partial charge in [0.05, 0.1) is 11.0 Å². The summed E-state index contributed by atoms with van der Waals surface area (Å²) in [4.78, 5) is 16.4. The smallest absolute Gasteiger partial charge is 0.419 e. The van der Waals surface area contributed by atoms with Crippen LogP contribution in [0, 0.1) is 0 Å². The number of nitrogens with zero attached hydrogens (tertiary/aromatic N) is 2. The zero-order valence-corrected chi connectivity index (χ0v) is 11.2. The lowest BCUT2D eigenvalue weighted by Gasteiger charge is -2.19. The quantitative estimate of drug-likeness (QED) is 0.774. The number of carbonyl (C=O) groups excluding carboxylic acids is 1. The van der Waals surface area contributed by atoms with Gasteiger partial charge >= 0.3 is 6.09 Å². The van der Waals surface area contributed by atoms with Gasteiger partial charge in [0.15, 0.2) is 0 Å². The van der Waals surface area contributed by atoms with Gasteiger partial charge in [-0.3, -0.25) is 9.55 Å². The molecule has 0 N–H and O–H groups in total. The molecule has 2 aromatic heterocycles. The van der Waals surface area contributed by atoms with Crippen molar-refractivity contribution in [1.82, 2.24) is 9.55 Å². The third-order valence-corrected chi connectivity index (χ3v) is 2.61. The number of aromatic nitrogens is 2. The lowest BCUT2D eigenvalue weighted by atomic mass is 10.2. The summed E-state index contributed by atoms with van der Waals surface area (Å²) in [5, 5.41) is 0. The Morgan fingerprint density at radius 1 is 1.44 bits per heavy atom. The monoisotopic (exact) mass is 246 g/mol. The first-order valence-electron chi connectivity index (χ1n) is 6.10. The van der Waals surface area contributed by atoms with Gasteiger partial charge in [-0.05, 0) is 44.9 Å². The molecule has 0 atom stereocenters. The van der Waals surface area contributed by atoms with Gasteiger partial charge in [0.25, 0.3) is 0 Å². The molecular formula is C14H18N2O2. The lowest BCUT2D eigenvalue weighted by molar-refractivity contribution is 0.0544. The van der Waals surface area contributed by atoms with Crippen molar-refractivity contribution >= 4 is 17.1 Å². The van der Waals surface area contributed by atoms with Gasteiger partial charge in [0, 0.05) is 12.4 Å². The van der Waals surface area contributed by atoms with E-state index in [1.54, 1.807) is 6.20 Å². The maximum atomic E-state index is 12.1. The molecule has 4 heteroatoms. The molecule has 0 fully saturated rings. The summed E-state index contributed by atoms with van der Waals surface area (Å²) in [6, 6.07) is 3.70. The average Bonchev–Trinajstić information content (AvgIpc) is 2.65. The molecule has 2 aromatic rings. The molecule has 2 heterocycles. The maximum absolute atomic E-state index is 12.1. The Labute approximate surface area is 107 Å². The second kappa shape index (κ2) is 4.44. The molecule has 18 heavy (non-hydrogen) atoms. The summed E-state index contributed by atoms with van der Waals surface area (Å²) in [6.45, 7) is 7.61. The van der Waals surface area contributed by atoms with Crippen LogP contribution in [-0.4, -0.2) is 21.2 Å². The van der Waals surface area contributed by atoms with Crippen molar-refractivity contribution < 1.29 is 9.53 Å². The van der Waals surface area contributed by atoms with E-state index in [0.717, 1.165) is 23.0 Å². The molecule has 0 spiro atoms. The van der Waals surface area contributed by atoms with Gasteiger partial charge in [-0.1, -0.05) is 6.92 Å². The van der Waals surface area contributed by atoms with Gasteiger partial charge in [0.2, 0.25) is 0 Å². The topological polar surface area (TPSA) is 44.1 Å². The molecular weight excluding hydrogens is 228 g/mol. The van der Waals surface area contributed by atoms with E-state index in [4.69, 9.17) is 4.74 Å².